The van der Waals surface area contributed by atoms with Gasteiger partial charge in [-0.25, -0.2) is 19.2 Å². The minimum absolute atomic E-state index is 0.0261. The van der Waals surface area contributed by atoms with E-state index >= 15 is 0 Å². The number of aromatic carboxylic acids is 1. The molecule has 0 spiro atoms. The zero-order valence-electron chi connectivity index (χ0n) is 17.5. The van der Waals surface area contributed by atoms with E-state index in [0.29, 0.717) is 16.7 Å². The van der Waals surface area contributed by atoms with Crippen LogP contribution in [0.1, 0.15) is 43.1 Å². The van der Waals surface area contributed by atoms with Gasteiger partial charge in [-0.05, 0) is 48.2 Å². The van der Waals surface area contributed by atoms with E-state index in [1.165, 1.54) is 30.6 Å². The highest BCUT2D eigenvalue weighted by molar-refractivity contribution is 5.95. The van der Waals surface area contributed by atoms with Crippen molar-refractivity contribution >= 4 is 23.6 Å². The maximum Gasteiger partial charge on any atom is 0.335 e. The Balaban J connectivity index is 1.60. The van der Waals surface area contributed by atoms with Crippen LogP contribution >= 0.6 is 0 Å². The molecule has 0 bridgehead atoms. The summed E-state index contributed by atoms with van der Waals surface area (Å²) in [4.78, 5) is 43.7. The number of halogens is 1. The average Bonchev–Trinajstić information content (AvgIpc) is 2.74. The third kappa shape index (κ3) is 5.72. The first kappa shape index (κ1) is 22.5. The van der Waals surface area contributed by atoms with Gasteiger partial charge in [-0.3, -0.25) is 9.59 Å². The first-order chi connectivity index (χ1) is 15.2. The molecule has 0 fully saturated rings. The number of nitrogens with zero attached hydrogens (tertiary/aromatic N) is 2. The molecule has 8 nitrogen and oxygen atoms in total. The Morgan fingerprint density at radius 3 is 2.38 bits per heavy atom. The third-order valence-corrected chi connectivity index (χ3v) is 4.73. The van der Waals surface area contributed by atoms with Crippen LogP contribution in [0.2, 0.25) is 0 Å². The zero-order valence-corrected chi connectivity index (χ0v) is 17.5. The summed E-state index contributed by atoms with van der Waals surface area (Å²) >= 11 is 0. The van der Waals surface area contributed by atoms with Crippen LogP contribution in [0.3, 0.4) is 0 Å². The SMILES string of the molecule is Cc1cc(CC(=O)Nc2cc(C(=O)NCc3ccc(C(=O)O)c(C)c3)ncn2)ccc1F. The molecule has 0 aliphatic rings. The Hall–Kier alpha value is -4.14. The lowest BCUT2D eigenvalue weighted by atomic mass is 10.1. The molecule has 0 saturated carbocycles. The monoisotopic (exact) mass is 436 g/mol. The number of benzene rings is 2. The lowest BCUT2D eigenvalue weighted by Crippen LogP contribution is -2.24. The van der Waals surface area contributed by atoms with Gasteiger partial charge in [-0.1, -0.05) is 24.3 Å². The number of amides is 2. The molecular weight excluding hydrogens is 415 g/mol. The average molecular weight is 436 g/mol. The van der Waals surface area contributed by atoms with Crippen LogP contribution in [-0.2, 0) is 17.8 Å². The van der Waals surface area contributed by atoms with E-state index < -0.39 is 11.9 Å². The van der Waals surface area contributed by atoms with E-state index in [1.54, 1.807) is 32.0 Å². The molecule has 0 unspecified atom stereocenters. The molecule has 0 aliphatic carbocycles. The number of hydrogen-bond donors (Lipinski definition) is 3. The fourth-order valence-corrected chi connectivity index (χ4v) is 3.09. The first-order valence-corrected chi connectivity index (χ1v) is 9.71. The third-order valence-electron chi connectivity index (χ3n) is 4.73. The summed E-state index contributed by atoms with van der Waals surface area (Å²) in [5.41, 5.74) is 2.69. The number of hydrogen-bond acceptors (Lipinski definition) is 5. The Labute approximate surface area is 183 Å². The first-order valence-electron chi connectivity index (χ1n) is 9.71. The number of carbonyl (C=O) groups excluding carboxylic acids is 2. The highest BCUT2D eigenvalue weighted by atomic mass is 19.1. The van der Waals surface area contributed by atoms with Crippen LogP contribution in [0.4, 0.5) is 10.2 Å². The Kier molecular flexibility index (Phi) is 6.89. The van der Waals surface area contributed by atoms with Gasteiger partial charge in [-0.15, -0.1) is 0 Å². The summed E-state index contributed by atoms with van der Waals surface area (Å²) in [6.45, 7) is 3.48. The largest absolute Gasteiger partial charge is 0.478 e. The van der Waals surface area contributed by atoms with Crippen molar-refractivity contribution in [1.29, 1.82) is 0 Å². The van der Waals surface area contributed by atoms with Gasteiger partial charge in [0, 0.05) is 12.6 Å². The summed E-state index contributed by atoms with van der Waals surface area (Å²) in [6.07, 6.45) is 1.19. The van der Waals surface area contributed by atoms with Gasteiger partial charge in [0.25, 0.3) is 5.91 Å². The fourth-order valence-electron chi connectivity index (χ4n) is 3.09. The second kappa shape index (κ2) is 9.78. The molecule has 3 N–H and O–H groups in total. The number of carboxylic acids is 1. The van der Waals surface area contributed by atoms with Gasteiger partial charge in [0.15, 0.2) is 0 Å². The van der Waals surface area contributed by atoms with Crippen LogP contribution < -0.4 is 10.6 Å². The number of aromatic nitrogens is 2. The van der Waals surface area contributed by atoms with Crippen molar-refractivity contribution in [1.82, 2.24) is 15.3 Å². The van der Waals surface area contributed by atoms with Crippen LogP contribution in [0.15, 0.2) is 48.8 Å². The Morgan fingerprint density at radius 1 is 0.969 bits per heavy atom. The van der Waals surface area contributed by atoms with Crippen molar-refractivity contribution in [2.24, 2.45) is 0 Å². The van der Waals surface area contributed by atoms with Crippen molar-refractivity contribution in [3.05, 3.63) is 88.1 Å². The predicted molar refractivity (Wildman–Crippen MR) is 115 cm³/mol. The summed E-state index contributed by atoms with van der Waals surface area (Å²) in [7, 11) is 0. The molecule has 9 heteroatoms. The van der Waals surface area contributed by atoms with E-state index in [1.807, 2.05) is 0 Å². The maximum absolute atomic E-state index is 13.4. The van der Waals surface area contributed by atoms with E-state index in [9.17, 15) is 18.8 Å². The highest BCUT2D eigenvalue weighted by Crippen LogP contribution is 2.13. The second-order valence-electron chi connectivity index (χ2n) is 7.23. The van der Waals surface area contributed by atoms with Gasteiger partial charge in [0.1, 0.15) is 23.7 Å². The molecule has 0 atom stereocenters. The van der Waals surface area contributed by atoms with Gasteiger partial charge in [-0.2, -0.15) is 0 Å². The van der Waals surface area contributed by atoms with Gasteiger partial charge in [0.05, 0.1) is 12.0 Å². The molecule has 3 aromatic rings. The van der Waals surface area contributed by atoms with Crippen LogP contribution in [0.5, 0.6) is 0 Å². The molecular formula is C23H21FN4O4. The highest BCUT2D eigenvalue weighted by Gasteiger charge is 2.12. The molecule has 0 radical (unpaired) electrons. The molecule has 0 aliphatic heterocycles. The van der Waals surface area contributed by atoms with Gasteiger partial charge in [0.2, 0.25) is 5.91 Å². The molecule has 3 rings (SSSR count). The predicted octanol–water partition coefficient (Wildman–Crippen LogP) is 3.04. The van der Waals surface area contributed by atoms with Crippen molar-refractivity contribution in [3.8, 4) is 0 Å². The number of carbonyl (C=O) groups is 3. The topological polar surface area (TPSA) is 121 Å². The van der Waals surface area contributed by atoms with Crippen molar-refractivity contribution in [2.75, 3.05) is 5.32 Å². The van der Waals surface area contributed by atoms with Gasteiger partial charge < -0.3 is 15.7 Å². The standard InChI is InChI=1S/C23H21FN4O4/c1-13-7-16(3-5-17(13)23(31)32)11-25-22(30)19-10-20(27-12-26-19)28-21(29)9-15-4-6-18(24)14(2)8-15/h3-8,10,12H,9,11H2,1-2H3,(H,25,30)(H,31,32)(H,26,27,28,29). The lowest BCUT2D eigenvalue weighted by Gasteiger charge is -2.09. The van der Waals surface area contributed by atoms with E-state index in [2.05, 4.69) is 20.6 Å². The number of aryl methyl sites for hydroxylation is 2. The van der Waals surface area contributed by atoms with Crippen LogP contribution in [0, 0.1) is 19.7 Å². The summed E-state index contributed by atoms with van der Waals surface area (Å²) in [5.74, 6) is -2.03. The molecule has 0 saturated heterocycles. The molecule has 1 aromatic heterocycles. The molecule has 32 heavy (non-hydrogen) atoms. The summed E-state index contributed by atoms with van der Waals surface area (Å²) in [6, 6.07) is 10.6. The number of carboxylic acid groups (broad SMARTS) is 1. The van der Waals surface area contributed by atoms with E-state index in [0.717, 1.165) is 5.56 Å². The fraction of sp³-hybridized carbons (Fsp3) is 0.174. The molecule has 2 amide bonds. The minimum atomic E-state index is -1.01. The second-order valence-corrected chi connectivity index (χ2v) is 7.23. The Bertz CT molecular complexity index is 1200. The quantitative estimate of drug-likeness (QED) is 0.523. The summed E-state index contributed by atoms with van der Waals surface area (Å²) in [5, 5.41) is 14.4. The number of nitrogens with one attached hydrogen (secondary N) is 2. The molecule has 1 heterocycles. The lowest BCUT2D eigenvalue weighted by molar-refractivity contribution is -0.115. The van der Waals surface area contributed by atoms with Crippen LogP contribution in [0.25, 0.3) is 0 Å². The Morgan fingerprint density at radius 2 is 1.69 bits per heavy atom. The number of anilines is 1. The van der Waals surface area contributed by atoms with Crippen molar-refractivity contribution in [3.63, 3.8) is 0 Å². The zero-order chi connectivity index (χ0) is 23.3. The van der Waals surface area contributed by atoms with Crippen molar-refractivity contribution < 1.29 is 23.9 Å². The normalized spacial score (nSPS) is 10.5. The van der Waals surface area contributed by atoms with Crippen LogP contribution in [-0.4, -0.2) is 32.9 Å². The smallest absolute Gasteiger partial charge is 0.335 e. The van der Waals surface area contributed by atoms with E-state index in [-0.39, 0.29) is 41.8 Å². The molecule has 164 valence electrons. The van der Waals surface area contributed by atoms with Gasteiger partial charge >= 0.3 is 5.97 Å². The van der Waals surface area contributed by atoms with E-state index in [4.69, 9.17) is 5.11 Å². The summed E-state index contributed by atoms with van der Waals surface area (Å²) < 4.78 is 13.4. The number of rotatable bonds is 7. The maximum atomic E-state index is 13.4. The molecule has 2 aromatic carbocycles. The van der Waals surface area contributed by atoms with Crippen molar-refractivity contribution in [2.45, 2.75) is 26.8 Å². The minimum Gasteiger partial charge on any atom is -0.478 e.